The Hall–Kier alpha value is -1.94. The van der Waals surface area contributed by atoms with Crippen molar-refractivity contribution in [1.29, 1.82) is 0 Å². The molecule has 7 atom stereocenters. The predicted molar refractivity (Wildman–Crippen MR) is 331 cm³/mol. The van der Waals surface area contributed by atoms with Crippen LogP contribution in [0.3, 0.4) is 0 Å². The van der Waals surface area contributed by atoms with Gasteiger partial charge in [0.2, 0.25) is 0 Å². The topological polar surface area (TPSA) is 237 Å². The van der Waals surface area contributed by atoms with Crippen molar-refractivity contribution in [2.45, 2.75) is 330 Å². The molecule has 19 heteroatoms. The molecule has 17 nitrogen and oxygen atoms in total. The van der Waals surface area contributed by atoms with Crippen molar-refractivity contribution in [2.24, 2.45) is 17.8 Å². The molecule has 0 aromatic heterocycles. The first-order chi connectivity index (χ1) is 39.8. The third-order valence-corrected chi connectivity index (χ3v) is 17.3. The quantitative estimate of drug-likeness (QED) is 0.0222. The van der Waals surface area contributed by atoms with Gasteiger partial charge in [-0.2, -0.15) is 0 Å². The molecule has 0 aromatic rings. The van der Waals surface area contributed by atoms with Crippen LogP contribution in [0.2, 0.25) is 0 Å². The van der Waals surface area contributed by atoms with E-state index in [9.17, 15) is 43.2 Å². The Bertz CT molecular complexity index is 1650. The van der Waals surface area contributed by atoms with Gasteiger partial charge in [-0.3, -0.25) is 37.3 Å². The summed E-state index contributed by atoms with van der Waals surface area (Å²) in [6, 6.07) is 0. The van der Waals surface area contributed by atoms with Crippen LogP contribution < -0.4 is 0 Å². The fourth-order valence-corrected chi connectivity index (χ4v) is 11.0. The van der Waals surface area contributed by atoms with E-state index in [1.807, 2.05) is 0 Å². The molecule has 0 spiro atoms. The summed E-state index contributed by atoms with van der Waals surface area (Å²) in [5.41, 5.74) is 0. The lowest BCUT2D eigenvalue weighted by atomic mass is 9.99. The molecule has 4 unspecified atom stereocenters. The van der Waals surface area contributed by atoms with E-state index in [0.29, 0.717) is 31.6 Å². The molecule has 0 aliphatic carbocycles. The van der Waals surface area contributed by atoms with Crippen LogP contribution >= 0.6 is 15.6 Å². The Balaban J connectivity index is 5.26. The highest BCUT2D eigenvalue weighted by atomic mass is 31.2. The molecular formula is C64H124O17P2. The number of aliphatic hydroxyl groups excluding tert-OH is 1. The largest absolute Gasteiger partial charge is 0.472 e. The minimum atomic E-state index is -4.95. The molecule has 0 aliphatic heterocycles. The first-order valence-corrected chi connectivity index (χ1v) is 36.4. The number of unbranched alkanes of at least 4 members (excludes halogenated alkanes) is 28. The first-order valence-electron chi connectivity index (χ1n) is 33.4. The number of phosphoric ester groups is 2. The van der Waals surface area contributed by atoms with Gasteiger partial charge in [0.15, 0.2) is 12.2 Å². The van der Waals surface area contributed by atoms with Gasteiger partial charge in [-0.25, -0.2) is 9.13 Å². The molecule has 0 amide bonds. The van der Waals surface area contributed by atoms with E-state index in [0.717, 1.165) is 102 Å². The minimum absolute atomic E-state index is 0.103. The summed E-state index contributed by atoms with van der Waals surface area (Å²) in [4.78, 5) is 72.2. The van der Waals surface area contributed by atoms with E-state index >= 15 is 0 Å². The summed E-state index contributed by atoms with van der Waals surface area (Å²) in [6.45, 7) is 11.7. The van der Waals surface area contributed by atoms with Crippen molar-refractivity contribution in [3.63, 3.8) is 0 Å². The van der Waals surface area contributed by atoms with Crippen LogP contribution in [0.1, 0.15) is 312 Å². The van der Waals surface area contributed by atoms with Crippen LogP contribution in [0.4, 0.5) is 0 Å². The highest BCUT2D eigenvalue weighted by molar-refractivity contribution is 7.47. The van der Waals surface area contributed by atoms with Crippen molar-refractivity contribution in [3.05, 3.63) is 0 Å². The molecule has 0 rings (SSSR count). The van der Waals surface area contributed by atoms with Crippen molar-refractivity contribution in [1.82, 2.24) is 0 Å². The van der Waals surface area contributed by atoms with Gasteiger partial charge in [0, 0.05) is 25.7 Å². The van der Waals surface area contributed by atoms with Crippen LogP contribution in [0.5, 0.6) is 0 Å². The maximum absolute atomic E-state index is 13.0. The molecule has 0 aliphatic rings. The number of carbonyl (C=O) groups is 4. The average molecular weight is 1230 g/mol. The number of rotatable bonds is 62. The van der Waals surface area contributed by atoms with Gasteiger partial charge < -0.3 is 33.8 Å². The van der Waals surface area contributed by atoms with E-state index in [1.54, 1.807) is 0 Å². The number of hydrogen-bond donors (Lipinski definition) is 3. The van der Waals surface area contributed by atoms with Gasteiger partial charge in [0.25, 0.3) is 0 Å². The van der Waals surface area contributed by atoms with E-state index in [4.69, 9.17) is 37.0 Å². The molecule has 0 saturated heterocycles. The van der Waals surface area contributed by atoms with Gasteiger partial charge >= 0.3 is 39.5 Å². The number of ether oxygens (including phenoxy) is 4. The van der Waals surface area contributed by atoms with Crippen LogP contribution in [0.25, 0.3) is 0 Å². The zero-order valence-corrected chi connectivity index (χ0v) is 55.4. The second-order valence-electron chi connectivity index (χ2n) is 24.1. The molecular weight excluding hydrogens is 1100 g/mol. The SMILES string of the molecule is CCCCCCCCCCCC(=O)OC[C@H](COP(=O)(O)OC[C@H](O)COP(=O)(O)OC[C@@H](COC(=O)CCCCCCCCCCC(C)CC)OC(=O)CCCCCCCCCCC(C)CC)OC(=O)CCCCCCCCCC(C)C. The normalized spacial score (nSPS) is 15.0. The smallest absolute Gasteiger partial charge is 0.462 e. The Morgan fingerprint density at radius 1 is 0.349 bits per heavy atom. The third kappa shape index (κ3) is 56.3. The summed E-state index contributed by atoms with van der Waals surface area (Å²) in [6.07, 6.45) is 36.2. The highest BCUT2D eigenvalue weighted by Gasteiger charge is 2.30. The van der Waals surface area contributed by atoms with Gasteiger partial charge in [0.05, 0.1) is 26.4 Å². The summed E-state index contributed by atoms with van der Waals surface area (Å²) in [7, 11) is -9.89. The van der Waals surface area contributed by atoms with E-state index in [-0.39, 0.29) is 25.7 Å². The number of hydrogen-bond acceptors (Lipinski definition) is 15. The van der Waals surface area contributed by atoms with Crippen molar-refractivity contribution < 1.29 is 80.2 Å². The van der Waals surface area contributed by atoms with Gasteiger partial charge in [0.1, 0.15) is 19.3 Å². The van der Waals surface area contributed by atoms with Gasteiger partial charge in [-0.05, 0) is 43.4 Å². The first kappa shape index (κ1) is 81.1. The molecule has 0 bridgehead atoms. The lowest BCUT2D eigenvalue weighted by molar-refractivity contribution is -0.161. The minimum Gasteiger partial charge on any atom is -0.462 e. The number of carbonyl (C=O) groups excluding carboxylic acids is 4. The summed E-state index contributed by atoms with van der Waals surface area (Å²) in [5.74, 6) is 0.103. The van der Waals surface area contributed by atoms with Crippen LogP contribution in [-0.4, -0.2) is 96.7 Å². The fraction of sp³-hybridized carbons (Fsp3) is 0.938. The van der Waals surface area contributed by atoms with Crippen molar-refractivity contribution in [3.8, 4) is 0 Å². The lowest BCUT2D eigenvalue weighted by Crippen LogP contribution is -2.30. The van der Waals surface area contributed by atoms with Gasteiger partial charge in [-0.15, -0.1) is 0 Å². The fourth-order valence-electron chi connectivity index (χ4n) is 9.42. The van der Waals surface area contributed by atoms with E-state index in [2.05, 4.69) is 48.5 Å². The monoisotopic (exact) mass is 1230 g/mol. The second-order valence-corrected chi connectivity index (χ2v) is 27.0. The average Bonchev–Trinajstić information content (AvgIpc) is 3.49. The molecule has 0 heterocycles. The Morgan fingerprint density at radius 2 is 0.614 bits per heavy atom. The maximum atomic E-state index is 13.0. The summed E-state index contributed by atoms with van der Waals surface area (Å²) >= 11 is 0. The molecule has 0 radical (unpaired) electrons. The molecule has 3 N–H and O–H groups in total. The maximum Gasteiger partial charge on any atom is 0.472 e. The Labute approximate surface area is 505 Å². The summed E-state index contributed by atoms with van der Waals surface area (Å²) in [5, 5.41) is 10.5. The predicted octanol–water partition coefficient (Wildman–Crippen LogP) is 17.5. The van der Waals surface area contributed by atoms with E-state index in [1.165, 1.54) is 122 Å². The van der Waals surface area contributed by atoms with Crippen LogP contribution in [0.15, 0.2) is 0 Å². The zero-order valence-electron chi connectivity index (χ0n) is 53.6. The lowest BCUT2D eigenvalue weighted by Gasteiger charge is -2.21. The zero-order chi connectivity index (χ0) is 61.7. The van der Waals surface area contributed by atoms with E-state index < -0.39 is 97.5 Å². The number of esters is 4. The second kappa shape index (κ2) is 55.4. The molecule has 492 valence electrons. The van der Waals surface area contributed by atoms with Gasteiger partial charge in [-0.1, -0.05) is 260 Å². The number of phosphoric acid groups is 2. The summed E-state index contributed by atoms with van der Waals surface area (Å²) < 4.78 is 68.0. The van der Waals surface area contributed by atoms with Crippen molar-refractivity contribution in [2.75, 3.05) is 39.6 Å². The Morgan fingerprint density at radius 3 is 0.916 bits per heavy atom. The number of aliphatic hydroxyl groups is 1. The standard InChI is InChI=1S/C64H124O17P2/c1-8-11-12-13-14-15-24-31-38-45-61(66)74-52-60(81-64(69)48-41-34-27-20-21-28-35-42-55(4)5)54-79-83(72,73)77-50-58(65)49-76-82(70,71)78-53-59(80-63(68)47-40-33-26-19-17-23-30-37-44-57(7)10-3)51-75-62(67)46-39-32-25-18-16-22-29-36-43-56(6)9-2/h55-60,65H,8-54H2,1-7H3,(H,70,71)(H,72,73)/t56?,57?,58-,59-,60-/m1/s1. The molecule has 0 saturated carbocycles. The third-order valence-electron chi connectivity index (χ3n) is 15.4. The molecule has 83 heavy (non-hydrogen) atoms. The van der Waals surface area contributed by atoms with Crippen LogP contribution in [0, 0.1) is 17.8 Å². The Kier molecular flexibility index (Phi) is 54.1. The molecule has 0 fully saturated rings. The van der Waals surface area contributed by atoms with Crippen molar-refractivity contribution >= 4 is 39.5 Å². The van der Waals surface area contributed by atoms with Crippen LogP contribution in [-0.2, 0) is 65.4 Å². The highest BCUT2D eigenvalue weighted by Crippen LogP contribution is 2.45. The molecule has 0 aromatic carbocycles.